The van der Waals surface area contributed by atoms with E-state index >= 15 is 0 Å². The number of anilines is 2. The van der Waals surface area contributed by atoms with Crippen LogP contribution in [0.1, 0.15) is 11.4 Å². The van der Waals surface area contributed by atoms with E-state index in [4.69, 9.17) is 9.84 Å². The van der Waals surface area contributed by atoms with Crippen LogP contribution < -0.4 is 14.4 Å². The van der Waals surface area contributed by atoms with Gasteiger partial charge in [0.2, 0.25) is 0 Å². The number of ether oxygens (including phenoxy) is 1. The molecule has 13 heteroatoms. The summed E-state index contributed by atoms with van der Waals surface area (Å²) >= 11 is 0. The maximum atomic E-state index is 13.5. The Bertz CT molecular complexity index is 1280. The van der Waals surface area contributed by atoms with Gasteiger partial charge in [-0.15, -0.1) is 0 Å². The standard InChI is InChI=1S/C20H17F3N4O5S/c21-20(22,23)12-2-1-3-15(8-12)33(30,31)27-11-14(10-18-24-6-7-25-18)32-17-5-4-13(9-16(17)27)26-19(28)29/h1-9,14,26H,10-11H2,(H,24,25)(H,28,29). The predicted molar refractivity (Wildman–Crippen MR) is 111 cm³/mol. The van der Waals surface area contributed by atoms with Gasteiger partial charge in [0.25, 0.3) is 10.0 Å². The number of nitrogens with one attached hydrogen (secondary N) is 2. The molecule has 9 nitrogen and oxygen atoms in total. The van der Waals surface area contributed by atoms with Crippen LogP contribution in [0.15, 0.2) is 59.8 Å². The summed E-state index contributed by atoms with van der Waals surface area (Å²) in [5.41, 5.74) is -1.04. The van der Waals surface area contributed by atoms with E-state index in [1.165, 1.54) is 24.4 Å². The van der Waals surface area contributed by atoms with Gasteiger partial charge < -0.3 is 14.8 Å². The van der Waals surface area contributed by atoms with Gasteiger partial charge in [-0.3, -0.25) is 9.62 Å². The van der Waals surface area contributed by atoms with E-state index in [0.29, 0.717) is 11.9 Å². The average molecular weight is 482 g/mol. The van der Waals surface area contributed by atoms with Crippen molar-refractivity contribution >= 4 is 27.5 Å². The lowest BCUT2D eigenvalue weighted by Crippen LogP contribution is -2.44. The van der Waals surface area contributed by atoms with Crippen LogP contribution in [0.25, 0.3) is 0 Å². The van der Waals surface area contributed by atoms with Crippen LogP contribution in [0, 0.1) is 0 Å². The number of hydrogen-bond acceptors (Lipinski definition) is 5. The molecule has 1 aliphatic heterocycles. The van der Waals surface area contributed by atoms with Gasteiger partial charge in [0.1, 0.15) is 17.7 Å². The summed E-state index contributed by atoms with van der Waals surface area (Å²) in [6.45, 7) is -0.233. The van der Waals surface area contributed by atoms with E-state index in [1.807, 2.05) is 0 Å². The fourth-order valence-corrected chi connectivity index (χ4v) is 4.98. The monoisotopic (exact) mass is 482 g/mol. The summed E-state index contributed by atoms with van der Waals surface area (Å²) in [6, 6.07) is 7.45. The number of aromatic nitrogens is 2. The lowest BCUT2D eigenvalue weighted by molar-refractivity contribution is -0.137. The number of alkyl halides is 3. The number of amides is 1. The van der Waals surface area contributed by atoms with Crippen molar-refractivity contribution in [2.75, 3.05) is 16.2 Å². The highest BCUT2D eigenvalue weighted by molar-refractivity contribution is 7.92. The van der Waals surface area contributed by atoms with Crippen LogP contribution in [-0.4, -0.2) is 42.2 Å². The number of H-pyrrole nitrogens is 1. The van der Waals surface area contributed by atoms with Crippen LogP contribution in [0.2, 0.25) is 0 Å². The van der Waals surface area contributed by atoms with Gasteiger partial charge in [-0.05, 0) is 36.4 Å². The van der Waals surface area contributed by atoms with E-state index in [1.54, 1.807) is 6.20 Å². The van der Waals surface area contributed by atoms with Crippen molar-refractivity contribution in [1.82, 2.24) is 9.97 Å². The van der Waals surface area contributed by atoms with Crippen molar-refractivity contribution in [3.8, 4) is 5.75 Å². The summed E-state index contributed by atoms with van der Waals surface area (Å²) in [6.07, 6.45) is -3.48. The first-order valence-corrected chi connectivity index (χ1v) is 11.0. The molecule has 33 heavy (non-hydrogen) atoms. The number of nitrogens with zero attached hydrogens (tertiary/aromatic N) is 2. The summed E-state index contributed by atoms with van der Waals surface area (Å²) in [7, 11) is -4.47. The Morgan fingerprint density at radius 2 is 2.06 bits per heavy atom. The second kappa shape index (κ2) is 8.31. The molecule has 1 unspecified atom stereocenters. The molecule has 1 atom stereocenters. The molecule has 0 saturated carbocycles. The number of hydrogen-bond donors (Lipinski definition) is 3. The molecule has 2 aromatic carbocycles. The molecule has 0 bridgehead atoms. The number of fused-ring (bicyclic) bond motifs is 1. The Morgan fingerprint density at radius 1 is 1.27 bits per heavy atom. The molecule has 1 aromatic heterocycles. The van der Waals surface area contributed by atoms with E-state index in [2.05, 4.69) is 15.3 Å². The zero-order valence-corrected chi connectivity index (χ0v) is 17.5. The highest BCUT2D eigenvalue weighted by Crippen LogP contribution is 2.40. The second-order valence-electron chi connectivity index (χ2n) is 7.15. The molecule has 1 aliphatic rings. The first-order chi connectivity index (χ1) is 15.5. The number of carboxylic acid groups (broad SMARTS) is 1. The zero-order valence-electron chi connectivity index (χ0n) is 16.7. The molecular formula is C20H17F3N4O5S. The Kier molecular flexibility index (Phi) is 5.66. The smallest absolute Gasteiger partial charge is 0.416 e. The van der Waals surface area contributed by atoms with Crippen LogP contribution >= 0.6 is 0 Å². The Morgan fingerprint density at radius 3 is 2.73 bits per heavy atom. The van der Waals surface area contributed by atoms with E-state index in [9.17, 15) is 26.4 Å². The van der Waals surface area contributed by atoms with Crippen molar-refractivity contribution in [3.63, 3.8) is 0 Å². The third-order valence-electron chi connectivity index (χ3n) is 4.87. The summed E-state index contributed by atoms with van der Waals surface area (Å²) in [5, 5.41) is 11.1. The van der Waals surface area contributed by atoms with Gasteiger partial charge in [0.15, 0.2) is 0 Å². The van der Waals surface area contributed by atoms with Gasteiger partial charge in [-0.2, -0.15) is 13.2 Å². The Balaban J connectivity index is 1.78. The summed E-state index contributed by atoms with van der Waals surface area (Å²) in [5.74, 6) is 0.660. The zero-order chi connectivity index (χ0) is 23.8. The molecule has 0 saturated heterocycles. The third-order valence-corrected chi connectivity index (χ3v) is 6.64. The molecule has 0 radical (unpaired) electrons. The molecule has 2 heterocycles. The maximum absolute atomic E-state index is 13.5. The van der Waals surface area contributed by atoms with Crippen LogP contribution in [0.3, 0.4) is 0 Å². The number of rotatable bonds is 5. The number of carbonyl (C=O) groups is 1. The first-order valence-electron chi connectivity index (χ1n) is 9.53. The lowest BCUT2D eigenvalue weighted by atomic mass is 10.1. The first kappa shape index (κ1) is 22.5. The van der Waals surface area contributed by atoms with Gasteiger partial charge >= 0.3 is 12.3 Å². The molecule has 0 fully saturated rings. The molecular weight excluding hydrogens is 465 g/mol. The fraction of sp³-hybridized carbons (Fsp3) is 0.200. The van der Waals surface area contributed by atoms with E-state index in [0.717, 1.165) is 22.5 Å². The maximum Gasteiger partial charge on any atom is 0.416 e. The fourth-order valence-electron chi connectivity index (χ4n) is 3.43. The largest absolute Gasteiger partial charge is 0.486 e. The van der Waals surface area contributed by atoms with E-state index in [-0.39, 0.29) is 30.1 Å². The molecule has 0 spiro atoms. The summed E-state index contributed by atoms with van der Waals surface area (Å²) in [4.78, 5) is 17.4. The molecule has 1 amide bonds. The van der Waals surface area contributed by atoms with Gasteiger partial charge in [0.05, 0.1) is 22.7 Å². The van der Waals surface area contributed by atoms with Gasteiger partial charge in [0, 0.05) is 24.5 Å². The van der Waals surface area contributed by atoms with Crippen molar-refractivity contribution in [1.29, 1.82) is 0 Å². The quantitative estimate of drug-likeness (QED) is 0.509. The number of sulfonamides is 1. The van der Waals surface area contributed by atoms with E-state index < -0.39 is 38.9 Å². The van der Waals surface area contributed by atoms with Crippen molar-refractivity contribution in [3.05, 3.63) is 66.2 Å². The molecule has 0 aliphatic carbocycles. The lowest BCUT2D eigenvalue weighted by Gasteiger charge is -2.35. The molecule has 3 N–H and O–H groups in total. The SMILES string of the molecule is O=C(O)Nc1ccc2c(c1)N(S(=O)(=O)c1cccc(C(F)(F)F)c1)CC(Cc1ncc[nH]1)O2. The van der Waals surface area contributed by atoms with Crippen molar-refractivity contribution < 1.29 is 36.2 Å². The third kappa shape index (κ3) is 4.72. The highest BCUT2D eigenvalue weighted by atomic mass is 32.2. The highest BCUT2D eigenvalue weighted by Gasteiger charge is 2.37. The minimum absolute atomic E-state index is 0.00523. The van der Waals surface area contributed by atoms with Crippen molar-refractivity contribution in [2.45, 2.75) is 23.6 Å². The van der Waals surface area contributed by atoms with Gasteiger partial charge in [-0.1, -0.05) is 6.07 Å². The Hall–Kier alpha value is -3.74. The van der Waals surface area contributed by atoms with Crippen LogP contribution in [0.5, 0.6) is 5.75 Å². The predicted octanol–water partition coefficient (Wildman–Crippen LogP) is 3.72. The minimum atomic E-state index is -4.73. The second-order valence-corrected chi connectivity index (χ2v) is 9.02. The average Bonchev–Trinajstić information content (AvgIpc) is 3.25. The number of aromatic amines is 1. The van der Waals surface area contributed by atoms with Gasteiger partial charge in [-0.25, -0.2) is 18.2 Å². The molecule has 174 valence electrons. The normalized spacial score (nSPS) is 16.1. The van der Waals surface area contributed by atoms with Crippen LogP contribution in [-0.2, 0) is 22.6 Å². The topological polar surface area (TPSA) is 125 Å². The number of imidazole rings is 1. The van der Waals surface area contributed by atoms with Crippen molar-refractivity contribution in [2.24, 2.45) is 0 Å². The summed E-state index contributed by atoms with van der Waals surface area (Å²) < 4.78 is 73.3. The number of halogens is 3. The Labute approximate surface area is 185 Å². The van der Waals surface area contributed by atoms with Crippen LogP contribution in [0.4, 0.5) is 29.3 Å². The molecule has 3 aromatic rings. The minimum Gasteiger partial charge on any atom is -0.486 e. The molecule has 4 rings (SSSR count). The number of benzene rings is 2.